The lowest BCUT2D eigenvalue weighted by Crippen LogP contribution is -2.42. The van der Waals surface area contributed by atoms with Crippen molar-refractivity contribution in [3.05, 3.63) is 17.5 Å². The zero-order valence-corrected chi connectivity index (χ0v) is 14.9. The van der Waals surface area contributed by atoms with Crippen LogP contribution in [-0.4, -0.2) is 23.7 Å². The van der Waals surface area contributed by atoms with Crippen LogP contribution in [0.3, 0.4) is 0 Å². The summed E-state index contributed by atoms with van der Waals surface area (Å²) in [4.78, 5) is 4.58. The van der Waals surface area contributed by atoms with Crippen molar-refractivity contribution in [2.24, 2.45) is 10.9 Å². The summed E-state index contributed by atoms with van der Waals surface area (Å²) in [7, 11) is 0. The molecule has 5 nitrogen and oxygen atoms in total. The van der Waals surface area contributed by atoms with E-state index in [0.29, 0.717) is 18.5 Å². The molecule has 0 aromatic carbocycles. The molecule has 0 aliphatic heterocycles. The fraction of sp³-hybridized carbons (Fsp3) is 0.765. The van der Waals surface area contributed by atoms with E-state index in [1.54, 1.807) is 0 Å². The second kappa shape index (κ2) is 9.49. The van der Waals surface area contributed by atoms with E-state index in [9.17, 15) is 0 Å². The Kier molecular flexibility index (Phi) is 7.99. The molecule has 5 heteroatoms. The van der Waals surface area contributed by atoms with Crippen molar-refractivity contribution in [3.63, 3.8) is 0 Å². The van der Waals surface area contributed by atoms with Gasteiger partial charge in [-0.1, -0.05) is 32.9 Å². The van der Waals surface area contributed by atoms with Gasteiger partial charge in [0.1, 0.15) is 6.54 Å². The maximum absolute atomic E-state index is 5.33. The maximum Gasteiger partial charge on any atom is 0.191 e. The fourth-order valence-electron chi connectivity index (χ4n) is 2.04. The molecule has 2 N–H and O–H groups in total. The zero-order valence-electron chi connectivity index (χ0n) is 14.9. The molecule has 1 atom stereocenters. The molecule has 1 aromatic heterocycles. The number of rotatable bonds is 8. The highest BCUT2D eigenvalue weighted by Gasteiger charge is 2.09. The van der Waals surface area contributed by atoms with Crippen LogP contribution in [0.1, 0.15) is 71.8 Å². The predicted octanol–water partition coefficient (Wildman–Crippen LogP) is 3.68. The third-order valence-corrected chi connectivity index (χ3v) is 3.47. The van der Waals surface area contributed by atoms with Gasteiger partial charge in [0.15, 0.2) is 11.7 Å². The van der Waals surface area contributed by atoms with Gasteiger partial charge in [-0.2, -0.15) is 0 Å². The van der Waals surface area contributed by atoms with Crippen molar-refractivity contribution in [2.75, 3.05) is 6.54 Å². The standard InChI is InChI=1S/C17H32N4O/c1-7-18-17(20-14(6)9-8-12(2)3)19-11-15-10-16(13(4)5)21-22-15/h10,12-14H,7-9,11H2,1-6H3,(H2,18,19,20). The number of nitrogens with zero attached hydrogens (tertiary/aromatic N) is 2. The first-order valence-electron chi connectivity index (χ1n) is 8.42. The normalized spacial score (nSPS) is 13.7. The van der Waals surface area contributed by atoms with Crippen LogP contribution in [0.5, 0.6) is 0 Å². The second-order valence-corrected chi connectivity index (χ2v) is 6.58. The summed E-state index contributed by atoms with van der Waals surface area (Å²) in [6.07, 6.45) is 2.36. The quantitative estimate of drug-likeness (QED) is 0.568. The summed E-state index contributed by atoms with van der Waals surface area (Å²) >= 11 is 0. The van der Waals surface area contributed by atoms with Crippen LogP contribution in [0.15, 0.2) is 15.6 Å². The molecule has 0 fully saturated rings. The molecule has 0 spiro atoms. The summed E-state index contributed by atoms with van der Waals surface area (Å²) in [5, 5.41) is 10.8. The van der Waals surface area contributed by atoms with Crippen molar-refractivity contribution in [1.82, 2.24) is 15.8 Å². The van der Waals surface area contributed by atoms with Gasteiger partial charge in [-0.3, -0.25) is 0 Å². The van der Waals surface area contributed by atoms with Crippen LogP contribution in [0, 0.1) is 5.92 Å². The molecule has 126 valence electrons. The summed E-state index contributed by atoms with van der Waals surface area (Å²) < 4.78 is 5.33. The van der Waals surface area contributed by atoms with Gasteiger partial charge >= 0.3 is 0 Å². The fourth-order valence-corrected chi connectivity index (χ4v) is 2.04. The SMILES string of the molecule is CCNC(=NCc1cc(C(C)C)no1)NC(C)CCC(C)C. The molecule has 22 heavy (non-hydrogen) atoms. The molecule has 0 saturated heterocycles. The van der Waals surface area contributed by atoms with E-state index in [-0.39, 0.29) is 0 Å². The van der Waals surface area contributed by atoms with Gasteiger partial charge in [-0.15, -0.1) is 0 Å². The highest BCUT2D eigenvalue weighted by atomic mass is 16.5. The second-order valence-electron chi connectivity index (χ2n) is 6.58. The Balaban J connectivity index is 2.56. The minimum atomic E-state index is 0.379. The minimum absolute atomic E-state index is 0.379. The largest absolute Gasteiger partial charge is 0.359 e. The van der Waals surface area contributed by atoms with Crippen LogP contribution in [-0.2, 0) is 6.54 Å². The van der Waals surface area contributed by atoms with Gasteiger partial charge in [0.05, 0.1) is 5.69 Å². The van der Waals surface area contributed by atoms with Crippen molar-refractivity contribution < 1.29 is 4.52 Å². The van der Waals surface area contributed by atoms with Gasteiger partial charge in [0.25, 0.3) is 0 Å². The molecule has 0 amide bonds. The zero-order chi connectivity index (χ0) is 16.5. The number of aliphatic imine (C=N–C) groups is 1. The molecule has 1 aromatic rings. The van der Waals surface area contributed by atoms with Crippen LogP contribution in [0.25, 0.3) is 0 Å². The van der Waals surface area contributed by atoms with E-state index in [2.05, 4.69) is 62.3 Å². The number of nitrogens with one attached hydrogen (secondary N) is 2. The van der Waals surface area contributed by atoms with Crippen molar-refractivity contribution in [2.45, 2.75) is 72.9 Å². The summed E-state index contributed by atoms with van der Waals surface area (Å²) in [6, 6.07) is 2.39. The Morgan fingerprint density at radius 2 is 1.95 bits per heavy atom. The molecule has 1 heterocycles. The molecular formula is C17H32N4O. The smallest absolute Gasteiger partial charge is 0.191 e. The van der Waals surface area contributed by atoms with Gasteiger partial charge in [-0.25, -0.2) is 4.99 Å². The van der Waals surface area contributed by atoms with Gasteiger partial charge in [-0.05, 0) is 38.5 Å². The minimum Gasteiger partial charge on any atom is -0.359 e. The molecule has 0 bridgehead atoms. The molecular weight excluding hydrogens is 276 g/mol. The number of hydrogen-bond donors (Lipinski definition) is 2. The highest BCUT2D eigenvalue weighted by molar-refractivity contribution is 5.79. The van der Waals surface area contributed by atoms with Crippen LogP contribution in [0.4, 0.5) is 0 Å². The summed E-state index contributed by atoms with van der Waals surface area (Å²) in [5.74, 6) is 2.74. The topological polar surface area (TPSA) is 62.5 Å². The van der Waals surface area contributed by atoms with Gasteiger partial charge < -0.3 is 15.2 Å². The van der Waals surface area contributed by atoms with Crippen molar-refractivity contribution in [3.8, 4) is 0 Å². The lowest BCUT2D eigenvalue weighted by Gasteiger charge is -2.18. The molecule has 0 saturated carbocycles. The Morgan fingerprint density at radius 3 is 2.50 bits per heavy atom. The predicted molar refractivity (Wildman–Crippen MR) is 92.1 cm³/mol. The maximum atomic E-state index is 5.33. The van der Waals surface area contributed by atoms with Crippen LogP contribution < -0.4 is 10.6 Å². The van der Waals surface area contributed by atoms with Crippen LogP contribution >= 0.6 is 0 Å². The highest BCUT2D eigenvalue weighted by Crippen LogP contribution is 2.14. The van der Waals surface area contributed by atoms with E-state index in [4.69, 9.17) is 4.52 Å². The lowest BCUT2D eigenvalue weighted by molar-refractivity contribution is 0.376. The molecule has 0 radical (unpaired) electrons. The van der Waals surface area contributed by atoms with E-state index in [0.717, 1.165) is 36.3 Å². The first-order valence-corrected chi connectivity index (χ1v) is 8.42. The number of guanidine groups is 1. The average molecular weight is 308 g/mol. The summed E-state index contributed by atoms with van der Waals surface area (Å²) in [5.41, 5.74) is 0.980. The summed E-state index contributed by atoms with van der Waals surface area (Å²) in [6.45, 7) is 14.3. The van der Waals surface area contributed by atoms with E-state index in [1.165, 1.54) is 6.42 Å². The Hall–Kier alpha value is -1.52. The van der Waals surface area contributed by atoms with Crippen LogP contribution in [0.2, 0.25) is 0 Å². The third-order valence-electron chi connectivity index (χ3n) is 3.47. The molecule has 1 rings (SSSR count). The van der Waals surface area contributed by atoms with Crippen molar-refractivity contribution >= 4 is 5.96 Å². The van der Waals surface area contributed by atoms with Crippen molar-refractivity contribution in [1.29, 1.82) is 0 Å². The van der Waals surface area contributed by atoms with Gasteiger partial charge in [0.2, 0.25) is 0 Å². The Labute approximate surface area is 135 Å². The first-order chi connectivity index (χ1) is 10.4. The Morgan fingerprint density at radius 1 is 1.23 bits per heavy atom. The van der Waals surface area contributed by atoms with E-state index < -0.39 is 0 Å². The Bertz CT molecular complexity index is 451. The third kappa shape index (κ3) is 6.96. The average Bonchev–Trinajstić information content (AvgIpc) is 2.92. The molecule has 0 aliphatic rings. The number of hydrogen-bond acceptors (Lipinski definition) is 3. The first kappa shape index (κ1) is 18.5. The van der Waals surface area contributed by atoms with E-state index >= 15 is 0 Å². The van der Waals surface area contributed by atoms with Gasteiger partial charge in [0, 0.05) is 18.7 Å². The molecule has 1 unspecified atom stereocenters. The molecule has 0 aliphatic carbocycles. The van der Waals surface area contributed by atoms with E-state index in [1.807, 2.05) is 6.07 Å². The monoisotopic (exact) mass is 308 g/mol. The number of aromatic nitrogens is 1. The lowest BCUT2D eigenvalue weighted by atomic mass is 10.0.